The predicted molar refractivity (Wildman–Crippen MR) is 100 cm³/mol. The lowest BCUT2D eigenvalue weighted by atomic mass is 9.98. The zero-order chi connectivity index (χ0) is 22.9. The topological polar surface area (TPSA) is 169 Å². The number of hydrogen-bond donors (Lipinski definition) is 4. The third-order valence-corrected chi connectivity index (χ3v) is 5.51. The number of aromatic amines is 1. The monoisotopic (exact) mass is 453 g/mol. The first kappa shape index (κ1) is 24.4. The van der Waals surface area contributed by atoms with Crippen LogP contribution in [-0.2, 0) is 23.4 Å². The molecular weight excluding hydrogens is 428 g/mol. The van der Waals surface area contributed by atoms with E-state index in [9.17, 15) is 28.9 Å². The Kier molecular flexibility index (Phi) is 7.38. The van der Waals surface area contributed by atoms with Crippen molar-refractivity contribution in [3.8, 4) is 0 Å². The third kappa shape index (κ3) is 5.62. The summed E-state index contributed by atoms with van der Waals surface area (Å²) in [6.07, 6.45) is -4.32. The molecule has 170 valence electrons. The molecule has 1 aliphatic rings. The summed E-state index contributed by atoms with van der Waals surface area (Å²) in [5, 5.41) is 12.3. The van der Waals surface area contributed by atoms with Gasteiger partial charge in [-0.3, -0.25) is 23.7 Å². The summed E-state index contributed by atoms with van der Waals surface area (Å²) >= 11 is 0. The number of ether oxygens (including phenoxy) is 2. The van der Waals surface area contributed by atoms with Crippen LogP contribution in [0.4, 0.5) is 4.39 Å². The first-order valence-electron chi connectivity index (χ1n) is 9.04. The number of aromatic nitrogens is 2. The van der Waals surface area contributed by atoms with Gasteiger partial charge in [0.05, 0.1) is 12.7 Å². The fourth-order valence-corrected chi connectivity index (χ4v) is 3.82. The molecule has 2 rings (SSSR count). The van der Waals surface area contributed by atoms with Gasteiger partial charge in [0.15, 0.2) is 11.9 Å². The average molecular weight is 453 g/mol. The Bertz CT molecular complexity index is 931. The summed E-state index contributed by atoms with van der Waals surface area (Å²) < 4.78 is 43.0. The minimum Gasteiger partial charge on any atom is -0.462 e. The third-order valence-electron chi connectivity index (χ3n) is 4.30. The maximum Gasteiger partial charge on any atom is 0.403 e. The van der Waals surface area contributed by atoms with Crippen LogP contribution in [0.1, 0.15) is 33.9 Å². The van der Waals surface area contributed by atoms with Gasteiger partial charge in [0.25, 0.3) is 5.56 Å². The van der Waals surface area contributed by atoms with Crippen molar-refractivity contribution in [2.24, 2.45) is 0 Å². The van der Waals surface area contributed by atoms with Crippen molar-refractivity contribution < 1.29 is 37.7 Å². The fourth-order valence-electron chi connectivity index (χ4n) is 2.81. The molecule has 6 atom stereocenters. The molecule has 0 amide bonds. The van der Waals surface area contributed by atoms with Crippen LogP contribution in [0.15, 0.2) is 21.9 Å². The van der Waals surface area contributed by atoms with Crippen molar-refractivity contribution in [3.05, 3.63) is 33.1 Å². The van der Waals surface area contributed by atoms with Crippen molar-refractivity contribution in [1.29, 1.82) is 0 Å². The molecule has 1 aromatic rings. The van der Waals surface area contributed by atoms with Crippen molar-refractivity contribution in [2.45, 2.75) is 63.9 Å². The molecular formula is C16H25FN3O9P. The Morgan fingerprint density at radius 3 is 2.67 bits per heavy atom. The van der Waals surface area contributed by atoms with E-state index >= 15 is 4.39 Å². The van der Waals surface area contributed by atoms with Gasteiger partial charge in [-0.15, -0.1) is 0 Å². The Hall–Kier alpha value is -1.89. The van der Waals surface area contributed by atoms with Gasteiger partial charge in [-0.05, 0) is 27.7 Å². The van der Waals surface area contributed by atoms with E-state index in [0.29, 0.717) is 0 Å². The molecule has 2 heterocycles. The quantitative estimate of drug-likeness (QED) is 0.299. The SMILES string of the molecule is CC(C)OC(=O)[C@H](C)N[P@@](=O)(O)OC[C@H]1O[C@@H](n2ccc(=O)[nH]c2=O)[C@](C)(F)[C@@H]1O. The van der Waals surface area contributed by atoms with E-state index in [2.05, 4.69) is 5.09 Å². The number of carbonyl (C=O) groups is 1. The van der Waals surface area contributed by atoms with Crippen LogP contribution in [0.2, 0.25) is 0 Å². The van der Waals surface area contributed by atoms with Crippen LogP contribution < -0.4 is 16.3 Å². The smallest absolute Gasteiger partial charge is 0.403 e. The van der Waals surface area contributed by atoms with E-state index < -0.39 is 67.8 Å². The van der Waals surface area contributed by atoms with Crippen LogP contribution >= 0.6 is 7.75 Å². The van der Waals surface area contributed by atoms with E-state index in [1.807, 2.05) is 4.98 Å². The summed E-state index contributed by atoms with van der Waals surface area (Å²) in [7, 11) is -4.55. The molecule has 4 N–H and O–H groups in total. The van der Waals surface area contributed by atoms with Gasteiger partial charge in [0.1, 0.15) is 18.2 Å². The number of esters is 1. The van der Waals surface area contributed by atoms with Gasteiger partial charge in [0, 0.05) is 12.3 Å². The second-order valence-corrected chi connectivity index (χ2v) is 8.85. The lowest BCUT2D eigenvalue weighted by Crippen LogP contribution is -2.43. The van der Waals surface area contributed by atoms with Crippen molar-refractivity contribution in [1.82, 2.24) is 14.6 Å². The van der Waals surface area contributed by atoms with Crippen LogP contribution in [0.5, 0.6) is 0 Å². The van der Waals surface area contributed by atoms with Gasteiger partial charge >= 0.3 is 19.4 Å². The zero-order valence-corrected chi connectivity index (χ0v) is 17.7. The fraction of sp³-hybridized carbons (Fsp3) is 0.688. The minimum atomic E-state index is -4.55. The van der Waals surface area contributed by atoms with E-state index in [0.717, 1.165) is 23.8 Å². The Labute approximate surface area is 170 Å². The molecule has 14 heteroatoms. The standard InChI is InChI=1S/C16H25FN3O9P/c1-8(2)28-13(23)9(3)19-30(25,26)27-7-10-12(22)16(4,17)14(29-10)20-6-5-11(21)18-15(20)24/h5-6,8-10,12,14,22H,7H2,1-4H3,(H,18,21,24)(H2,19,25,26)/t9-,10+,12+,14+,16+/m0/s1. The molecule has 0 aliphatic carbocycles. The molecule has 0 unspecified atom stereocenters. The highest BCUT2D eigenvalue weighted by Crippen LogP contribution is 2.43. The number of H-pyrrole nitrogens is 1. The molecule has 1 fully saturated rings. The highest BCUT2D eigenvalue weighted by Gasteiger charge is 2.55. The Balaban J connectivity index is 2.06. The molecule has 0 saturated carbocycles. The first-order valence-corrected chi connectivity index (χ1v) is 10.6. The first-order chi connectivity index (χ1) is 13.7. The number of nitrogens with one attached hydrogen (secondary N) is 2. The maximum atomic E-state index is 15.1. The minimum absolute atomic E-state index is 0.432. The molecule has 1 saturated heterocycles. The zero-order valence-electron chi connectivity index (χ0n) is 16.8. The average Bonchev–Trinajstić information content (AvgIpc) is 2.82. The molecule has 0 radical (unpaired) electrons. The van der Waals surface area contributed by atoms with E-state index in [1.54, 1.807) is 13.8 Å². The van der Waals surface area contributed by atoms with Gasteiger partial charge in [-0.1, -0.05) is 0 Å². The van der Waals surface area contributed by atoms with Gasteiger partial charge < -0.3 is 19.5 Å². The highest BCUT2D eigenvalue weighted by atomic mass is 31.2. The number of nitrogens with zero attached hydrogens (tertiary/aromatic N) is 1. The van der Waals surface area contributed by atoms with Crippen LogP contribution in [0, 0.1) is 0 Å². The molecule has 12 nitrogen and oxygen atoms in total. The summed E-state index contributed by atoms with van der Waals surface area (Å²) in [5.74, 6) is -0.783. The molecule has 1 aromatic heterocycles. The number of rotatable bonds is 8. The largest absolute Gasteiger partial charge is 0.462 e. The van der Waals surface area contributed by atoms with E-state index in [4.69, 9.17) is 14.0 Å². The Morgan fingerprint density at radius 2 is 2.10 bits per heavy atom. The lowest BCUT2D eigenvalue weighted by molar-refractivity contribution is -0.149. The summed E-state index contributed by atoms with van der Waals surface area (Å²) in [4.78, 5) is 46.7. The summed E-state index contributed by atoms with van der Waals surface area (Å²) in [6.45, 7) is 4.74. The Morgan fingerprint density at radius 1 is 1.47 bits per heavy atom. The number of alkyl halides is 1. The molecule has 0 aromatic carbocycles. The van der Waals surface area contributed by atoms with E-state index in [-0.39, 0.29) is 0 Å². The lowest BCUT2D eigenvalue weighted by Gasteiger charge is -2.24. The van der Waals surface area contributed by atoms with Crippen molar-refractivity contribution in [2.75, 3.05) is 6.61 Å². The van der Waals surface area contributed by atoms with Crippen LogP contribution in [-0.4, -0.2) is 62.1 Å². The number of halogens is 1. The van der Waals surface area contributed by atoms with Crippen LogP contribution in [0.3, 0.4) is 0 Å². The summed E-state index contributed by atoms with van der Waals surface area (Å²) in [5.41, 5.74) is -4.15. The van der Waals surface area contributed by atoms with Crippen molar-refractivity contribution in [3.63, 3.8) is 0 Å². The predicted octanol–water partition coefficient (Wildman–Crippen LogP) is -0.430. The molecule has 30 heavy (non-hydrogen) atoms. The van der Waals surface area contributed by atoms with Gasteiger partial charge in [-0.25, -0.2) is 18.8 Å². The molecule has 0 bridgehead atoms. The number of aliphatic hydroxyl groups excluding tert-OH is 1. The molecule has 1 aliphatic heterocycles. The second-order valence-electron chi connectivity index (χ2n) is 7.29. The maximum absolute atomic E-state index is 15.1. The number of hydrogen-bond acceptors (Lipinski definition) is 8. The van der Waals surface area contributed by atoms with E-state index in [1.165, 1.54) is 6.92 Å². The number of aliphatic hydroxyl groups is 1. The van der Waals surface area contributed by atoms with Gasteiger partial charge in [0.2, 0.25) is 0 Å². The van der Waals surface area contributed by atoms with Crippen LogP contribution in [0.25, 0.3) is 0 Å². The summed E-state index contributed by atoms with van der Waals surface area (Å²) in [6, 6.07) is -0.211. The number of carbonyl (C=O) groups excluding carboxylic acids is 1. The highest BCUT2D eigenvalue weighted by molar-refractivity contribution is 7.50. The van der Waals surface area contributed by atoms with Gasteiger partial charge in [-0.2, -0.15) is 0 Å². The second kappa shape index (κ2) is 9.08. The normalized spacial score (nSPS) is 29.5. The van der Waals surface area contributed by atoms with Crippen molar-refractivity contribution >= 4 is 13.7 Å². The molecule has 0 spiro atoms.